The number of benzene rings is 1. The predicted octanol–water partition coefficient (Wildman–Crippen LogP) is 5.00. The molecule has 10 heteroatoms. The summed E-state index contributed by atoms with van der Waals surface area (Å²) in [6, 6.07) is 13.7. The molecule has 2 unspecified atom stereocenters. The quantitative estimate of drug-likeness (QED) is 0.308. The molecular formula is C31H27FN8O. The van der Waals surface area contributed by atoms with Crippen LogP contribution < -0.4 is 4.90 Å². The van der Waals surface area contributed by atoms with Gasteiger partial charge in [0.15, 0.2) is 0 Å². The van der Waals surface area contributed by atoms with Crippen LogP contribution in [-0.4, -0.2) is 59.9 Å². The average molecular weight is 547 g/mol. The smallest absolute Gasteiger partial charge is 0.138 e. The molecule has 2 bridgehead atoms. The number of halogens is 1. The van der Waals surface area contributed by atoms with Crippen molar-refractivity contribution in [2.45, 2.75) is 43.9 Å². The number of aromatic nitrogens is 5. The highest BCUT2D eigenvalue weighted by Crippen LogP contribution is 2.39. The van der Waals surface area contributed by atoms with Crippen LogP contribution in [-0.2, 0) is 6.54 Å². The number of fused-ring (bicyclic) bond motifs is 3. The highest BCUT2D eigenvalue weighted by molar-refractivity contribution is 5.98. The molecular weight excluding hydrogens is 519 g/mol. The number of nitriles is 1. The highest BCUT2D eigenvalue weighted by atomic mass is 19.1. The molecule has 0 radical (unpaired) electrons. The van der Waals surface area contributed by atoms with E-state index in [0.717, 1.165) is 58.7 Å². The van der Waals surface area contributed by atoms with Crippen LogP contribution in [0, 0.1) is 17.1 Å². The summed E-state index contributed by atoms with van der Waals surface area (Å²) in [6.45, 7) is 2.17. The monoisotopic (exact) mass is 546 g/mol. The fourth-order valence-corrected chi connectivity index (χ4v) is 6.37. The summed E-state index contributed by atoms with van der Waals surface area (Å²) in [7, 11) is 0. The van der Waals surface area contributed by atoms with E-state index < -0.39 is 0 Å². The van der Waals surface area contributed by atoms with Crippen molar-refractivity contribution in [1.29, 1.82) is 5.26 Å². The van der Waals surface area contributed by atoms with Gasteiger partial charge in [-0.05, 0) is 55.7 Å². The Balaban J connectivity index is 1.04. The van der Waals surface area contributed by atoms with Crippen LogP contribution in [0.2, 0.25) is 0 Å². The Bertz CT molecular complexity index is 1820. The SMILES string of the molecule is N#Cc1cnc2[nH]c(-c3cnn(C4CC4)c3)cc2c1-c1ccc(N2CC3CC(C2)N3Cc2cc(F)ccc2O)nc1. The molecule has 5 aromatic rings. The summed E-state index contributed by atoms with van der Waals surface area (Å²) in [5, 5.41) is 25.5. The summed E-state index contributed by atoms with van der Waals surface area (Å²) in [4.78, 5) is 17.3. The second-order valence-electron chi connectivity index (χ2n) is 11.3. The van der Waals surface area contributed by atoms with E-state index in [1.165, 1.54) is 31.0 Å². The lowest BCUT2D eigenvalue weighted by Gasteiger charge is -2.56. The number of phenols is 1. The first-order valence-corrected chi connectivity index (χ1v) is 13.9. The molecule has 1 saturated carbocycles. The molecule has 1 aromatic carbocycles. The molecule has 4 aliphatic rings. The first-order valence-electron chi connectivity index (χ1n) is 13.9. The number of aromatic hydroxyl groups is 1. The number of hydrogen-bond donors (Lipinski definition) is 2. The minimum absolute atomic E-state index is 0.135. The van der Waals surface area contributed by atoms with Gasteiger partial charge in [0.2, 0.25) is 0 Å². The van der Waals surface area contributed by atoms with E-state index in [9.17, 15) is 14.8 Å². The number of phenolic OH excluding ortho intramolecular Hbond substituents is 1. The molecule has 7 heterocycles. The van der Waals surface area contributed by atoms with Gasteiger partial charge in [0.05, 0.1) is 23.5 Å². The molecule has 4 fully saturated rings. The van der Waals surface area contributed by atoms with Crippen LogP contribution >= 0.6 is 0 Å². The molecule has 204 valence electrons. The maximum atomic E-state index is 13.7. The number of pyridine rings is 2. The van der Waals surface area contributed by atoms with E-state index in [4.69, 9.17) is 4.98 Å². The summed E-state index contributed by atoms with van der Waals surface area (Å²) in [5.74, 6) is 0.694. The van der Waals surface area contributed by atoms with E-state index in [-0.39, 0.29) is 11.6 Å². The Kier molecular flexibility index (Phi) is 5.37. The number of nitrogens with zero attached hydrogens (tertiary/aromatic N) is 7. The minimum atomic E-state index is -0.332. The largest absolute Gasteiger partial charge is 0.508 e. The topological polar surface area (TPSA) is 110 Å². The molecule has 1 aliphatic carbocycles. The van der Waals surface area contributed by atoms with Crippen molar-refractivity contribution in [1.82, 2.24) is 29.6 Å². The average Bonchev–Trinajstić information content (AvgIpc) is 3.56. The summed E-state index contributed by atoms with van der Waals surface area (Å²) >= 11 is 0. The Morgan fingerprint density at radius 3 is 2.61 bits per heavy atom. The minimum Gasteiger partial charge on any atom is -0.508 e. The van der Waals surface area contributed by atoms with Gasteiger partial charge < -0.3 is 15.0 Å². The number of anilines is 1. The fourth-order valence-electron chi connectivity index (χ4n) is 6.37. The van der Waals surface area contributed by atoms with Crippen molar-refractivity contribution in [2.75, 3.05) is 18.0 Å². The van der Waals surface area contributed by atoms with Crippen LogP contribution in [0.25, 0.3) is 33.4 Å². The van der Waals surface area contributed by atoms with Crippen LogP contribution in [0.5, 0.6) is 5.75 Å². The van der Waals surface area contributed by atoms with E-state index in [1.54, 1.807) is 6.20 Å². The van der Waals surface area contributed by atoms with Crippen LogP contribution in [0.3, 0.4) is 0 Å². The first kappa shape index (κ1) is 24.1. The van der Waals surface area contributed by atoms with Gasteiger partial charge in [0.25, 0.3) is 0 Å². The van der Waals surface area contributed by atoms with Gasteiger partial charge in [-0.3, -0.25) is 9.58 Å². The molecule has 41 heavy (non-hydrogen) atoms. The zero-order valence-electron chi connectivity index (χ0n) is 22.2. The van der Waals surface area contributed by atoms with Crippen molar-refractivity contribution in [3.63, 3.8) is 0 Å². The van der Waals surface area contributed by atoms with Gasteiger partial charge in [0.1, 0.15) is 29.1 Å². The van der Waals surface area contributed by atoms with Crippen molar-refractivity contribution in [3.05, 3.63) is 78.1 Å². The zero-order valence-corrected chi connectivity index (χ0v) is 22.2. The molecule has 3 saturated heterocycles. The Morgan fingerprint density at radius 1 is 1.00 bits per heavy atom. The highest BCUT2D eigenvalue weighted by Gasteiger charge is 2.45. The van der Waals surface area contributed by atoms with Crippen molar-refractivity contribution in [2.24, 2.45) is 0 Å². The number of rotatable bonds is 6. The Hall–Kier alpha value is -4.75. The van der Waals surface area contributed by atoms with Gasteiger partial charge in [-0.1, -0.05) is 0 Å². The second-order valence-corrected chi connectivity index (χ2v) is 11.3. The van der Waals surface area contributed by atoms with Crippen LogP contribution in [0.4, 0.5) is 10.2 Å². The van der Waals surface area contributed by atoms with Crippen LogP contribution in [0.15, 0.2) is 61.2 Å². The molecule has 0 amide bonds. The zero-order chi connectivity index (χ0) is 27.7. The van der Waals surface area contributed by atoms with Crippen molar-refractivity contribution >= 4 is 16.9 Å². The van der Waals surface area contributed by atoms with Gasteiger partial charge in [0, 0.05) is 77.9 Å². The molecule has 2 N–H and O–H groups in total. The number of H-pyrrole nitrogens is 1. The second kappa shape index (κ2) is 9.14. The molecule has 9 nitrogen and oxygen atoms in total. The van der Waals surface area contributed by atoms with Gasteiger partial charge in [-0.25, -0.2) is 14.4 Å². The van der Waals surface area contributed by atoms with E-state index >= 15 is 0 Å². The van der Waals surface area contributed by atoms with Gasteiger partial charge in [-0.2, -0.15) is 10.4 Å². The Labute approximate surface area is 235 Å². The number of hydrogen-bond acceptors (Lipinski definition) is 7. The lowest BCUT2D eigenvalue weighted by atomic mass is 9.86. The van der Waals surface area contributed by atoms with Gasteiger partial charge >= 0.3 is 0 Å². The summed E-state index contributed by atoms with van der Waals surface area (Å²) in [6.07, 6.45) is 10.8. The number of nitrogens with one attached hydrogen (secondary N) is 1. The maximum absolute atomic E-state index is 13.7. The van der Waals surface area contributed by atoms with Crippen molar-refractivity contribution < 1.29 is 9.50 Å². The van der Waals surface area contributed by atoms with E-state index in [1.807, 2.05) is 35.3 Å². The third-order valence-corrected chi connectivity index (χ3v) is 8.71. The number of piperidine rings is 1. The fraction of sp³-hybridized carbons (Fsp3) is 0.290. The molecule has 2 atom stereocenters. The Morgan fingerprint density at radius 2 is 1.85 bits per heavy atom. The third-order valence-electron chi connectivity index (χ3n) is 8.71. The van der Waals surface area contributed by atoms with Crippen LogP contribution in [0.1, 0.15) is 36.4 Å². The number of piperazine rings is 1. The predicted molar refractivity (Wildman–Crippen MR) is 152 cm³/mol. The lowest BCUT2D eigenvalue weighted by Crippen LogP contribution is -2.68. The lowest BCUT2D eigenvalue weighted by molar-refractivity contribution is -0.00921. The molecule has 0 spiro atoms. The normalized spacial score (nSPS) is 20.2. The molecule has 3 aliphatic heterocycles. The third kappa shape index (κ3) is 4.12. The first-order chi connectivity index (χ1) is 20.0. The molecule has 4 aromatic heterocycles. The summed E-state index contributed by atoms with van der Waals surface area (Å²) in [5.41, 5.74) is 5.44. The summed E-state index contributed by atoms with van der Waals surface area (Å²) < 4.78 is 15.7. The van der Waals surface area contributed by atoms with Crippen molar-refractivity contribution in [3.8, 4) is 34.2 Å². The maximum Gasteiger partial charge on any atom is 0.138 e. The standard InChI is InChI=1S/C31H27FN8O/c32-22-2-5-28(41)19(7-22)14-39-24-8-25(39)17-38(16-24)29-6-1-18(11-34-29)30-20(10-33)12-35-31-26(30)9-27(37-31)21-13-36-40(15-21)23-3-4-23/h1-2,5-7,9,11-13,15,23-25,41H,3-4,8,14,16-17H2,(H,35,37). The van der Waals surface area contributed by atoms with E-state index in [0.29, 0.717) is 35.8 Å². The van der Waals surface area contributed by atoms with Gasteiger partial charge in [-0.15, -0.1) is 0 Å². The molecule has 9 rings (SSSR count). The number of aromatic amines is 1. The van der Waals surface area contributed by atoms with E-state index in [2.05, 4.69) is 37.1 Å².